The van der Waals surface area contributed by atoms with Crippen LogP contribution in [0.2, 0.25) is 0 Å². The third kappa shape index (κ3) is 5.34. The van der Waals surface area contributed by atoms with Crippen molar-refractivity contribution >= 4 is 29.3 Å². The molecule has 1 aromatic heterocycles. The normalized spacial score (nSPS) is 10.6. The smallest absolute Gasteiger partial charge is 0.248 e. The largest absolute Gasteiger partial charge is 0.326 e. The van der Waals surface area contributed by atoms with Gasteiger partial charge in [-0.05, 0) is 23.8 Å². The monoisotopic (exact) mass is 358 g/mol. The minimum atomic E-state index is -0.281. The molecule has 2 aromatic carbocycles. The average Bonchev–Trinajstić information content (AvgIpc) is 2.68. The van der Waals surface area contributed by atoms with Gasteiger partial charge in [0.25, 0.3) is 0 Å². The Balaban J connectivity index is 1.58. The second-order valence-corrected chi connectivity index (χ2v) is 5.79. The first-order chi connectivity index (χ1) is 13.1. The summed E-state index contributed by atoms with van der Waals surface area (Å²) in [5, 5.41) is 5.41. The maximum atomic E-state index is 12.0. The van der Waals surface area contributed by atoms with Gasteiger partial charge in [-0.3, -0.25) is 9.59 Å². The van der Waals surface area contributed by atoms with Gasteiger partial charge >= 0.3 is 0 Å². The molecular formula is C21H18N4O2. The molecule has 0 atom stereocenters. The Morgan fingerprint density at radius 1 is 0.852 bits per heavy atom. The van der Waals surface area contributed by atoms with Crippen LogP contribution in [0, 0.1) is 0 Å². The van der Waals surface area contributed by atoms with Gasteiger partial charge in [0, 0.05) is 24.3 Å². The van der Waals surface area contributed by atoms with E-state index in [4.69, 9.17) is 0 Å². The van der Waals surface area contributed by atoms with Gasteiger partial charge in [0.2, 0.25) is 11.8 Å². The van der Waals surface area contributed by atoms with Gasteiger partial charge in [-0.25, -0.2) is 9.97 Å². The SMILES string of the molecule is CC(=O)Nc1ccc(/C=C/C(=O)Nc2cnc(-c3ccccc3)nc2)cc1. The van der Waals surface area contributed by atoms with Gasteiger partial charge in [-0.2, -0.15) is 0 Å². The maximum Gasteiger partial charge on any atom is 0.248 e. The topological polar surface area (TPSA) is 84.0 Å². The quantitative estimate of drug-likeness (QED) is 0.680. The van der Waals surface area contributed by atoms with E-state index in [0.29, 0.717) is 17.2 Å². The van der Waals surface area contributed by atoms with Crippen LogP contribution in [-0.2, 0) is 9.59 Å². The Labute approximate surface area is 157 Å². The van der Waals surface area contributed by atoms with Gasteiger partial charge in [-0.15, -0.1) is 0 Å². The molecule has 0 aliphatic heterocycles. The van der Waals surface area contributed by atoms with Crippen LogP contribution in [0.4, 0.5) is 11.4 Å². The van der Waals surface area contributed by atoms with Crippen molar-refractivity contribution in [1.29, 1.82) is 0 Å². The number of hydrogen-bond donors (Lipinski definition) is 2. The molecule has 0 bridgehead atoms. The summed E-state index contributed by atoms with van der Waals surface area (Å²) in [4.78, 5) is 31.6. The van der Waals surface area contributed by atoms with Crippen LogP contribution in [0.3, 0.4) is 0 Å². The molecule has 0 radical (unpaired) electrons. The lowest BCUT2D eigenvalue weighted by Crippen LogP contribution is -2.08. The minimum Gasteiger partial charge on any atom is -0.326 e. The average molecular weight is 358 g/mol. The molecule has 0 spiro atoms. The van der Waals surface area contributed by atoms with E-state index in [1.807, 2.05) is 42.5 Å². The number of carbonyl (C=O) groups is 2. The number of rotatable bonds is 5. The molecule has 6 heteroatoms. The molecule has 0 aliphatic rings. The fourth-order valence-electron chi connectivity index (χ4n) is 2.37. The van der Waals surface area contributed by atoms with Crippen LogP contribution in [0.5, 0.6) is 0 Å². The van der Waals surface area contributed by atoms with Crippen molar-refractivity contribution in [2.24, 2.45) is 0 Å². The summed E-state index contributed by atoms with van der Waals surface area (Å²) in [6.07, 6.45) is 6.26. The van der Waals surface area contributed by atoms with Crippen molar-refractivity contribution < 1.29 is 9.59 Å². The summed E-state index contributed by atoms with van der Waals surface area (Å²) < 4.78 is 0. The fraction of sp³-hybridized carbons (Fsp3) is 0.0476. The number of benzene rings is 2. The minimum absolute atomic E-state index is 0.127. The molecule has 134 valence electrons. The maximum absolute atomic E-state index is 12.0. The van der Waals surface area contributed by atoms with Gasteiger partial charge in [0.05, 0.1) is 18.1 Å². The van der Waals surface area contributed by atoms with E-state index in [0.717, 1.165) is 11.1 Å². The fourth-order valence-corrected chi connectivity index (χ4v) is 2.37. The first kappa shape index (κ1) is 18.0. The summed E-state index contributed by atoms with van der Waals surface area (Å²) in [6.45, 7) is 1.45. The van der Waals surface area contributed by atoms with Crippen LogP contribution in [0.1, 0.15) is 12.5 Å². The van der Waals surface area contributed by atoms with Gasteiger partial charge in [-0.1, -0.05) is 42.5 Å². The molecule has 0 fully saturated rings. The second-order valence-electron chi connectivity index (χ2n) is 5.79. The van der Waals surface area contributed by atoms with Crippen molar-refractivity contribution in [2.45, 2.75) is 6.92 Å². The van der Waals surface area contributed by atoms with Gasteiger partial charge < -0.3 is 10.6 Å². The van der Waals surface area contributed by atoms with Crippen LogP contribution in [-0.4, -0.2) is 21.8 Å². The number of hydrogen-bond acceptors (Lipinski definition) is 4. The number of aromatic nitrogens is 2. The van der Waals surface area contributed by atoms with E-state index in [1.54, 1.807) is 30.6 Å². The lowest BCUT2D eigenvalue weighted by molar-refractivity contribution is -0.114. The third-order valence-electron chi connectivity index (χ3n) is 3.61. The summed E-state index contributed by atoms with van der Waals surface area (Å²) >= 11 is 0. The molecule has 0 aliphatic carbocycles. The van der Waals surface area contributed by atoms with E-state index in [1.165, 1.54) is 13.0 Å². The first-order valence-electron chi connectivity index (χ1n) is 8.34. The molecule has 3 aromatic rings. The lowest BCUT2D eigenvalue weighted by atomic mass is 10.2. The van der Waals surface area contributed by atoms with Crippen molar-refractivity contribution in [3.8, 4) is 11.4 Å². The Morgan fingerprint density at radius 2 is 1.52 bits per heavy atom. The molecule has 0 saturated heterocycles. The van der Waals surface area contributed by atoms with E-state index in [-0.39, 0.29) is 11.8 Å². The first-order valence-corrected chi connectivity index (χ1v) is 8.34. The Kier molecular flexibility index (Phi) is 5.69. The molecule has 2 N–H and O–H groups in total. The van der Waals surface area contributed by atoms with Crippen LogP contribution >= 0.6 is 0 Å². The lowest BCUT2D eigenvalue weighted by Gasteiger charge is -2.04. The molecule has 2 amide bonds. The summed E-state index contributed by atoms with van der Waals surface area (Å²) in [5.41, 5.74) is 2.98. The third-order valence-corrected chi connectivity index (χ3v) is 3.61. The van der Waals surface area contributed by atoms with Crippen molar-refractivity contribution in [3.05, 3.63) is 78.6 Å². The number of nitrogens with one attached hydrogen (secondary N) is 2. The predicted molar refractivity (Wildman–Crippen MR) is 106 cm³/mol. The molecule has 3 rings (SSSR count). The standard InChI is InChI=1S/C21H18N4O2/c1-15(26)24-18-10-7-16(8-11-18)9-12-20(27)25-19-13-22-21(23-14-19)17-5-3-2-4-6-17/h2-14H,1H3,(H,24,26)(H,25,27)/b12-9+. The predicted octanol–water partition coefficient (Wildman–Crippen LogP) is 3.75. The van der Waals surface area contributed by atoms with Crippen LogP contribution in [0.25, 0.3) is 17.5 Å². The van der Waals surface area contributed by atoms with E-state index < -0.39 is 0 Å². The van der Waals surface area contributed by atoms with Crippen LogP contribution in [0.15, 0.2) is 73.1 Å². The van der Waals surface area contributed by atoms with Crippen molar-refractivity contribution in [2.75, 3.05) is 10.6 Å². The van der Waals surface area contributed by atoms with Gasteiger partial charge in [0.1, 0.15) is 0 Å². The van der Waals surface area contributed by atoms with E-state index in [9.17, 15) is 9.59 Å². The molecule has 6 nitrogen and oxygen atoms in total. The molecule has 1 heterocycles. The Hall–Kier alpha value is -3.80. The summed E-state index contributed by atoms with van der Waals surface area (Å²) in [7, 11) is 0. The highest BCUT2D eigenvalue weighted by Gasteiger charge is 2.03. The highest BCUT2D eigenvalue weighted by atomic mass is 16.2. The van der Waals surface area contributed by atoms with Gasteiger partial charge in [0.15, 0.2) is 5.82 Å². The number of nitrogens with zero attached hydrogens (tertiary/aromatic N) is 2. The molecule has 0 unspecified atom stereocenters. The molecule has 27 heavy (non-hydrogen) atoms. The Bertz CT molecular complexity index is 950. The highest BCUT2D eigenvalue weighted by Crippen LogP contribution is 2.15. The van der Waals surface area contributed by atoms with E-state index in [2.05, 4.69) is 20.6 Å². The molecular weight excluding hydrogens is 340 g/mol. The zero-order valence-corrected chi connectivity index (χ0v) is 14.7. The number of anilines is 2. The van der Waals surface area contributed by atoms with Crippen LogP contribution < -0.4 is 10.6 Å². The van der Waals surface area contributed by atoms with E-state index >= 15 is 0 Å². The zero-order chi connectivity index (χ0) is 19.1. The van der Waals surface area contributed by atoms with Crippen molar-refractivity contribution in [1.82, 2.24) is 9.97 Å². The number of amides is 2. The summed E-state index contributed by atoms with van der Waals surface area (Å²) in [6, 6.07) is 16.8. The highest BCUT2D eigenvalue weighted by molar-refractivity contribution is 6.01. The molecule has 0 saturated carbocycles. The Morgan fingerprint density at radius 3 is 2.15 bits per heavy atom. The summed E-state index contributed by atoms with van der Waals surface area (Å²) in [5.74, 6) is 0.193. The zero-order valence-electron chi connectivity index (χ0n) is 14.7. The number of carbonyl (C=O) groups excluding carboxylic acids is 2. The second kappa shape index (κ2) is 8.53. The van der Waals surface area contributed by atoms with Crippen molar-refractivity contribution in [3.63, 3.8) is 0 Å².